The van der Waals surface area contributed by atoms with Crippen molar-refractivity contribution in [1.29, 1.82) is 0 Å². The predicted molar refractivity (Wildman–Crippen MR) is 82.7 cm³/mol. The Bertz CT molecular complexity index is 669. The summed E-state index contributed by atoms with van der Waals surface area (Å²) in [6.07, 6.45) is 4.37. The number of piperazine rings is 1. The van der Waals surface area contributed by atoms with E-state index in [1.807, 2.05) is 18.0 Å². The number of carbonyl (C=O) groups excluding carboxylic acids is 2. The van der Waals surface area contributed by atoms with Gasteiger partial charge >= 0.3 is 0 Å². The Morgan fingerprint density at radius 3 is 2.52 bits per heavy atom. The van der Waals surface area contributed by atoms with Gasteiger partial charge in [0.15, 0.2) is 5.76 Å². The third-order valence-electron chi connectivity index (χ3n) is 4.17. The molecule has 2 aromatic heterocycles. The second-order valence-corrected chi connectivity index (χ2v) is 5.60. The maximum atomic E-state index is 12.3. The van der Waals surface area contributed by atoms with Crippen LogP contribution in [0.3, 0.4) is 0 Å². The van der Waals surface area contributed by atoms with Gasteiger partial charge in [-0.2, -0.15) is 5.10 Å². The fourth-order valence-corrected chi connectivity index (χ4v) is 2.75. The third kappa shape index (κ3) is 3.44. The van der Waals surface area contributed by atoms with E-state index in [0.717, 1.165) is 5.69 Å². The lowest BCUT2D eigenvalue weighted by molar-refractivity contribution is -0.132. The maximum absolute atomic E-state index is 12.3. The van der Waals surface area contributed by atoms with E-state index >= 15 is 0 Å². The second-order valence-electron chi connectivity index (χ2n) is 5.60. The minimum Gasteiger partial charge on any atom is -0.459 e. The Morgan fingerprint density at radius 1 is 1.17 bits per heavy atom. The summed E-state index contributed by atoms with van der Waals surface area (Å²) in [5.41, 5.74) is 1.05. The number of rotatable bonds is 4. The van der Waals surface area contributed by atoms with Crippen LogP contribution in [0.4, 0.5) is 0 Å². The van der Waals surface area contributed by atoms with Gasteiger partial charge in [-0.05, 0) is 24.6 Å². The Morgan fingerprint density at radius 2 is 1.91 bits per heavy atom. The molecule has 122 valence electrons. The molecular formula is C16H20N4O3. The first kappa shape index (κ1) is 15.3. The van der Waals surface area contributed by atoms with Crippen LogP contribution < -0.4 is 0 Å². The van der Waals surface area contributed by atoms with E-state index < -0.39 is 0 Å². The standard InChI is InChI=1S/C16H20N4O3/c1-18-13(6-7-17-18)4-5-15(21)19-8-10-20(11-9-19)16(22)14-3-2-12-23-14/h2-3,6-7,12H,4-5,8-11H2,1H3. The molecular weight excluding hydrogens is 296 g/mol. The highest BCUT2D eigenvalue weighted by Gasteiger charge is 2.25. The number of aryl methyl sites for hydroxylation is 2. The van der Waals surface area contributed by atoms with Crippen molar-refractivity contribution in [3.8, 4) is 0 Å². The van der Waals surface area contributed by atoms with Crippen molar-refractivity contribution in [2.45, 2.75) is 12.8 Å². The minimum atomic E-state index is -0.114. The summed E-state index contributed by atoms with van der Waals surface area (Å²) in [5, 5.41) is 4.10. The maximum Gasteiger partial charge on any atom is 0.289 e. The predicted octanol–water partition coefficient (Wildman–Crippen LogP) is 0.930. The summed E-state index contributed by atoms with van der Waals surface area (Å²) in [6.45, 7) is 2.21. The van der Waals surface area contributed by atoms with Gasteiger partial charge in [0, 0.05) is 51.5 Å². The second kappa shape index (κ2) is 6.68. The van der Waals surface area contributed by atoms with Crippen molar-refractivity contribution in [2.75, 3.05) is 26.2 Å². The first-order valence-electron chi connectivity index (χ1n) is 7.72. The molecule has 2 amide bonds. The van der Waals surface area contributed by atoms with Crippen LogP contribution in [0.25, 0.3) is 0 Å². The van der Waals surface area contributed by atoms with Crippen molar-refractivity contribution >= 4 is 11.8 Å². The summed E-state index contributed by atoms with van der Waals surface area (Å²) in [6, 6.07) is 5.28. The number of furan rings is 1. The van der Waals surface area contributed by atoms with Crippen LogP contribution in [0.15, 0.2) is 35.1 Å². The van der Waals surface area contributed by atoms with Crippen LogP contribution in [-0.4, -0.2) is 57.6 Å². The topological polar surface area (TPSA) is 71.6 Å². The Kier molecular flexibility index (Phi) is 4.45. The summed E-state index contributed by atoms with van der Waals surface area (Å²) in [5.74, 6) is 0.356. The van der Waals surface area contributed by atoms with Gasteiger partial charge in [-0.25, -0.2) is 0 Å². The van der Waals surface area contributed by atoms with E-state index in [2.05, 4.69) is 5.10 Å². The van der Waals surface area contributed by atoms with Crippen LogP contribution in [0.2, 0.25) is 0 Å². The molecule has 2 aromatic rings. The zero-order valence-electron chi connectivity index (χ0n) is 13.1. The molecule has 1 saturated heterocycles. The van der Waals surface area contributed by atoms with Gasteiger partial charge in [-0.15, -0.1) is 0 Å². The molecule has 1 aliphatic rings. The molecule has 0 saturated carbocycles. The number of carbonyl (C=O) groups is 2. The number of aromatic nitrogens is 2. The van der Waals surface area contributed by atoms with E-state index in [1.54, 1.807) is 27.9 Å². The molecule has 0 unspecified atom stereocenters. The lowest BCUT2D eigenvalue weighted by Gasteiger charge is -2.34. The molecule has 0 aliphatic carbocycles. The Hall–Kier alpha value is -2.57. The summed E-state index contributed by atoms with van der Waals surface area (Å²) >= 11 is 0. The monoisotopic (exact) mass is 316 g/mol. The third-order valence-corrected chi connectivity index (χ3v) is 4.17. The van der Waals surface area contributed by atoms with Crippen molar-refractivity contribution in [3.05, 3.63) is 42.1 Å². The summed E-state index contributed by atoms with van der Waals surface area (Å²) in [7, 11) is 1.87. The van der Waals surface area contributed by atoms with Crippen molar-refractivity contribution in [3.63, 3.8) is 0 Å². The van der Waals surface area contributed by atoms with E-state index in [9.17, 15) is 9.59 Å². The van der Waals surface area contributed by atoms with Crippen LogP contribution in [0.5, 0.6) is 0 Å². The van der Waals surface area contributed by atoms with Crippen molar-refractivity contribution in [1.82, 2.24) is 19.6 Å². The van der Waals surface area contributed by atoms with E-state index in [1.165, 1.54) is 6.26 Å². The minimum absolute atomic E-state index is 0.114. The number of hydrogen-bond acceptors (Lipinski definition) is 4. The van der Waals surface area contributed by atoms with E-state index in [0.29, 0.717) is 44.8 Å². The molecule has 3 heterocycles. The molecule has 0 aromatic carbocycles. The smallest absolute Gasteiger partial charge is 0.289 e. The molecule has 0 spiro atoms. The van der Waals surface area contributed by atoms with Crippen LogP contribution in [0.1, 0.15) is 22.7 Å². The molecule has 3 rings (SSSR count). The molecule has 7 heteroatoms. The SMILES string of the molecule is Cn1nccc1CCC(=O)N1CCN(C(=O)c2ccco2)CC1. The zero-order valence-corrected chi connectivity index (χ0v) is 13.1. The molecule has 7 nitrogen and oxygen atoms in total. The fraction of sp³-hybridized carbons (Fsp3) is 0.438. The normalized spacial score (nSPS) is 15.0. The molecule has 0 radical (unpaired) electrons. The largest absolute Gasteiger partial charge is 0.459 e. The highest BCUT2D eigenvalue weighted by molar-refractivity contribution is 5.91. The lowest BCUT2D eigenvalue weighted by Crippen LogP contribution is -2.50. The first-order valence-corrected chi connectivity index (χ1v) is 7.72. The molecule has 0 N–H and O–H groups in total. The zero-order chi connectivity index (χ0) is 16.2. The number of hydrogen-bond donors (Lipinski definition) is 0. The number of amides is 2. The van der Waals surface area contributed by atoms with Crippen LogP contribution >= 0.6 is 0 Å². The highest BCUT2D eigenvalue weighted by atomic mass is 16.3. The molecule has 1 fully saturated rings. The Labute approximate surface area is 134 Å². The van der Waals surface area contributed by atoms with Crippen molar-refractivity contribution < 1.29 is 14.0 Å². The van der Waals surface area contributed by atoms with Gasteiger partial charge in [0.1, 0.15) is 0 Å². The fourth-order valence-electron chi connectivity index (χ4n) is 2.75. The summed E-state index contributed by atoms with van der Waals surface area (Å²) < 4.78 is 6.92. The average molecular weight is 316 g/mol. The van der Waals surface area contributed by atoms with E-state index in [4.69, 9.17) is 4.42 Å². The van der Waals surface area contributed by atoms with Gasteiger partial charge in [-0.1, -0.05) is 0 Å². The van der Waals surface area contributed by atoms with Crippen molar-refractivity contribution in [2.24, 2.45) is 7.05 Å². The highest BCUT2D eigenvalue weighted by Crippen LogP contribution is 2.11. The Balaban J connectivity index is 1.47. The lowest BCUT2D eigenvalue weighted by atomic mass is 10.2. The number of nitrogens with zero attached hydrogens (tertiary/aromatic N) is 4. The molecule has 0 atom stereocenters. The van der Waals surface area contributed by atoms with Gasteiger partial charge in [0.05, 0.1) is 6.26 Å². The summed E-state index contributed by atoms with van der Waals surface area (Å²) in [4.78, 5) is 28.0. The van der Waals surface area contributed by atoms with Gasteiger partial charge in [-0.3, -0.25) is 14.3 Å². The average Bonchev–Trinajstić information content (AvgIpc) is 3.24. The molecule has 23 heavy (non-hydrogen) atoms. The van der Waals surface area contributed by atoms with Gasteiger partial charge < -0.3 is 14.2 Å². The van der Waals surface area contributed by atoms with Gasteiger partial charge in [0.2, 0.25) is 5.91 Å². The van der Waals surface area contributed by atoms with Crippen LogP contribution in [0, 0.1) is 0 Å². The molecule has 0 bridgehead atoms. The van der Waals surface area contributed by atoms with E-state index in [-0.39, 0.29) is 11.8 Å². The van der Waals surface area contributed by atoms with Gasteiger partial charge in [0.25, 0.3) is 5.91 Å². The molecule has 1 aliphatic heterocycles. The van der Waals surface area contributed by atoms with Crippen LogP contribution in [-0.2, 0) is 18.3 Å². The first-order chi connectivity index (χ1) is 11.1. The quantitative estimate of drug-likeness (QED) is 0.841.